The third-order valence-electron chi connectivity index (χ3n) is 2.96. The van der Waals surface area contributed by atoms with Crippen molar-refractivity contribution in [3.05, 3.63) is 15.6 Å². The van der Waals surface area contributed by atoms with Crippen molar-refractivity contribution in [2.45, 2.75) is 45.6 Å². The van der Waals surface area contributed by atoms with Crippen LogP contribution in [0.4, 0.5) is 0 Å². The summed E-state index contributed by atoms with van der Waals surface area (Å²) in [6.07, 6.45) is 3.86. The highest BCUT2D eigenvalue weighted by Gasteiger charge is 2.22. The second kappa shape index (κ2) is 5.80. The van der Waals surface area contributed by atoms with Gasteiger partial charge in [-0.2, -0.15) is 0 Å². The van der Waals surface area contributed by atoms with Crippen molar-refractivity contribution in [2.24, 2.45) is 5.92 Å². The second-order valence-electron chi connectivity index (χ2n) is 5.13. The lowest BCUT2D eigenvalue weighted by Crippen LogP contribution is -2.08. The maximum atomic E-state index is 11.2. The van der Waals surface area contributed by atoms with Gasteiger partial charge in [0.2, 0.25) is 0 Å². The minimum Gasteiger partial charge on any atom is -0.477 e. The van der Waals surface area contributed by atoms with Crippen molar-refractivity contribution >= 4 is 17.3 Å². The maximum Gasteiger partial charge on any atom is 0.347 e. The van der Waals surface area contributed by atoms with Gasteiger partial charge in [-0.15, -0.1) is 11.3 Å². The summed E-state index contributed by atoms with van der Waals surface area (Å²) in [6, 6.07) is 0. The summed E-state index contributed by atoms with van der Waals surface area (Å²) < 4.78 is 5.57. The summed E-state index contributed by atoms with van der Waals surface area (Å²) in [5, 5.41) is 10.1. The van der Waals surface area contributed by atoms with Gasteiger partial charge in [0.1, 0.15) is 4.88 Å². The number of nitrogens with zero attached hydrogens (tertiary/aromatic N) is 1. The SMILES string of the molecule is CC(C)Cc1nc(CC2CCCO2)sc1C(=O)O. The highest BCUT2D eigenvalue weighted by Crippen LogP contribution is 2.25. The van der Waals surface area contributed by atoms with E-state index in [4.69, 9.17) is 4.74 Å². The lowest BCUT2D eigenvalue weighted by molar-refractivity contribution is 0.0700. The molecule has 0 spiro atoms. The average Bonchev–Trinajstić information content (AvgIpc) is 2.87. The van der Waals surface area contributed by atoms with E-state index < -0.39 is 5.97 Å². The molecular weight excluding hydrogens is 250 g/mol. The summed E-state index contributed by atoms with van der Waals surface area (Å²) in [5.74, 6) is -0.442. The molecule has 2 rings (SSSR count). The van der Waals surface area contributed by atoms with Gasteiger partial charge in [-0.05, 0) is 25.2 Å². The fraction of sp³-hybridized carbons (Fsp3) is 0.692. The molecule has 1 aromatic heterocycles. The third kappa shape index (κ3) is 3.29. The summed E-state index contributed by atoms with van der Waals surface area (Å²) in [5.41, 5.74) is 0.732. The Morgan fingerprint density at radius 3 is 2.94 bits per heavy atom. The van der Waals surface area contributed by atoms with Gasteiger partial charge in [0.05, 0.1) is 16.8 Å². The number of thiazole rings is 1. The van der Waals surface area contributed by atoms with Crippen LogP contribution in [-0.4, -0.2) is 28.8 Å². The highest BCUT2D eigenvalue weighted by atomic mass is 32.1. The van der Waals surface area contributed by atoms with Gasteiger partial charge in [0.25, 0.3) is 0 Å². The van der Waals surface area contributed by atoms with Crippen molar-refractivity contribution in [2.75, 3.05) is 6.61 Å². The Morgan fingerprint density at radius 2 is 2.39 bits per heavy atom. The first-order valence-corrected chi connectivity index (χ1v) is 7.21. The monoisotopic (exact) mass is 269 g/mol. The summed E-state index contributed by atoms with van der Waals surface area (Å²) >= 11 is 1.31. The lowest BCUT2D eigenvalue weighted by Gasteiger charge is -2.05. The number of aromatic nitrogens is 1. The number of aromatic carboxylic acids is 1. The average molecular weight is 269 g/mol. The number of carbonyl (C=O) groups is 1. The summed E-state index contributed by atoms with van der Waals surface area (Å²) in [4.78, 5) is 16.1. The number of rotatable bonds is 5. The van der Waals surface area contributed by atoms with E-state index in [1.54, 1.807) is 0 Å². The molecule has 0 amide bonds. The van der Waals surface area contributed by atoms with Crippen LogP contribution in [0.5, 0.6) is 0 Å². The molecule has 18 heavy (non-hydrogen) atoms. The zero-order valence-corrected chi connectivity index (χ0v) is 11.6. The van der Waals surface area contributed by atoms with Crippen molar-refractivity contribution in [3.63, 3.8) is 0 Å². The molecule has 1 aliphatic heterocycles. The molecule has 0 aromatic carbocycles. The quantitative estimate of drug-likeness (QED) is 0.893. The predicted octanol–water partition coefficient (Wildman–Crippen LogP) is 2.76. The van der Waals surface area contributed by atoms with E-state index in [1.165, 1.54) is 11.3 Å². The Bertz CT molecular complexity index is 422. The molecule has 1 N–H and O–H groups in total. The molecule has 0 bridgehead atoms. The normalized spacial score (nSPS) is 19.6. The first kappa shape index (κ1) is 13.5. The van der Waals surface area contributed by atoms with E-state index in [1.807, 2.05) is 0 Å². The van der Waals surface area contributed by atoms with E-state index in [0.29, 0.717) is 10.8 Å². The van der Waals surface area contributed by atoms with E-state index >= 15 is 0 Å². The Balaban J connectivity index is 2.13. The molecule has 1 aliphatic rings. The van der Waals surface area contributed by atoms with Crippen LogP contribution >= 0.6 is 11.3 Å². The molecule has 4 nitrogen and oxygen atoms in total. The molecule has 0 saturated carbocycles. The fourth-order valence-corrected chi connectivity index (χ4v) is 3.18. The van der Waals surface area contributed by atoms with Gasteiger partial charge in [-0.3, -0.25) is 0 Å². The summed E-state index contributed by atoms with van der Waals surface area (Å²) in [7, 11) is 0. The van der Waals surface area contributed by atoms with Gasteiger partial charge in [-0.1, -0.05) is 13.8 Å². The van der Waals surface area contributed by atoms with Gasteiger partial charge in [-0.25, -0.2) is 9.78 Å². The van der Waals surface area contributed by atoms with Crippen LogP contribution in [0.3, 0.4) is 0 Å². The van der Waals surface area contributed by atoms with Crippen LogP contribution in [0, 0.1) is 5.92 Å². The van der Waals surface area contributed by atoms with E-state index in [9.17, 15) is 9.90 Å². The molecule has 100 valence electrons. The Kier molecular flexibility index (Phi) is 4.35. The van der Waals surface area contributed by atoms with Gasteiger partial charge >= 0.3 is 5.97 Å². The number of hydrogen-bond acceptors (Lipinski definition) is 4. The number of hydrogen-bond donors (Lipinski definition) is 1. The Labute approximate surface area is 111 Å². The molecule has 1 saturated heterocycles. The number of ether oxygens (including phenoxy) is 1. The van der Waals surface area contributed by atoms with E-state index in [-0.39, 0.29) is 6.10 Å². The molecule has 1 atom stereocenters. The molecular formula is C13H19NO3S. The molecule has 1 fully saturated rings. The van der Waals surface area contributed by atoms with Crippen molar-refractivity contribution < 1.29 is 14.6 Å². The first-order valence-electron chi connectivity index (χ1n) is 6.39. The van der Waals surface area contributed by atoms with E-state index in [0.717, 1.165) is 43.0 Å². The molecule has 0 radical (unpaired) electrons. The van der Waals surface area contributed by atoms with Gasteiger partial charge in [0, 0.05) is 13.0 Å². The fourth-order valence-electron chi connectivity index (χ4n) is 2.18. The topological polar surface area (TPSA) is 59.4 Å². The minimum absolute atomic E-state index is 0.227. The van der Waals surface area contributed by atoms with Crippen LogP contribution in [0.25, 0.3) is 0 Å². The van der Waals surface area contributed by atoms with Crippen LogP contribution in [-0.2, 0) is 17.6 Å². The molecule has 1 unspecified atom stereocenters. The van der Waals surface area contributed by atoms with Crippen LogP contribution < -0.4 is 0 Å². The number of carboxylic acids is 1. The Morgan fingerprint density at radius 1 is 1.61 bits per heavy atom. The molecule has 1 aromatic rings. The first-order chi connectivity index (χ1) is 8.56. The van der Waals surface area contributed by atoms with Crippen molar-refractivity contribution in [3.8, 4) is 0 Å². The van der Waals surface area contributed by atoms with Crippen molar-refractivity contribution in [1.29, 1.82) is 0 Å². The van der Waals surface area contributed by atoms with E-state index in [2.05, 4.69) is 18.8 Å². The van der Waals surface area contributed by atoms with Crippen LogP contribution in [0.15, 0.2) is 0 Å². The van der Waals surface area contributed by atoms with Crippen LogP contribution in [0.1, 0.15) is 47.1 Å². The maximum absolute atomic E-state index is 11.2. The zero-order valence-electron chi connectivity index (χ0n) is 10.8. The molecule has 0 aliphatic carbocycles. The Hall–Kier alpha value is -0.940. The highest BCUT2D eigenvalue weighted by molar-refractivity contribution is 7.13. The predicted molar refractivity (Wildman–Crippen MR) is 70.3 cm³/mol. The smallest absolute Gasteiger partial charge is 0.347 e. The second-order valence-corrected chi connectivity index (χ2v) is 6.21. The lowest BCUT2D eigenvalue weighted by atomic mass is 10.1. The van der Waals surface area contributed by atoms with Crippen LogP contribution in [0.2, 0.25) is 0 Å². The minimum atomic E-state index is -0.859. The third-order valence-corrected chi connectivity index (χ3v) is 4.07. The van der Waals surface area contributed by atoms with Gasteiger partial charge in [0.15, 0.2) is 0 Å². The molecule has 2 heterocycles. The standard InChI is InChI=1S/C13H19NO3S/c1-8(2)6-10-12(13(15)16)18-11(14-10)7-9-4-3-5-17-9/h8-9H,3-7H2,1-2H3,(H,15,16). The zero-order chi connectivity index (χ0) is 13.1. The number of carboxylic acid groups (broad SMARTS) is 1. The van der Waals surface area contributed by atoms with Gasteiger partial charge < -0.3 is 9.84 Å². The summed E-state index contributed by atoms with van der Waals surface area (Å²) in [6.45, 7) is 4.97. The largest absolute Gasteiger partial charge is 0.477 e. The molecule has 5 heteroatoms. The van der Waals surface area contributed by atoms with Crippen molar-refractivity contribution in [1.82, 2.24) is 4.98 Å².